The van der Waals surface area contributed by atoms with E-state index in [4.69, 9.17) is 0 Å². The van der Waals surface area contributed by atoms with Gasteiger partial charge in [0.15, 0.2) is 0 Å². The zero-order valence-electron chi connectivity index (χ0n) is 18.5. The molecule has 5 aromatic rings. The lowest BCUT2D eigenvalue weighted by Gasteiger charge is -2.27. The first-order valence-corrected chi connectivity index (χ1v) is 11.3. The van der Waals surface area contributed by atoms with Gasteiger partial charge in [0.1, 0.15) is 0 Å². The Hall–Kier alpha value is -4.11. The van der Waals surface area contributed by atoms with Gasteiger partial charge in [-0.2, -0.15) is 0 Å². The predicted octanol–water partition coefficient (Wildman–Crippen LogP) is 6.89. The highest BCUT2D eigenvalue weighted by molar-refractivity contribution is 6.02. The molecule has 3 heteroatoms. The van der Waals surface area contributed by atoms with E-state index in [1.165, 1.54) is 5.56 Å². The highest BCUT2D eigenvalue weighted by Gasteiger charge is 2.40. The van der Waals surface area contributed by atoms with E-state index in [0.717, 1.165) is 44.4 Å². The lowest BCUT2D eigenvalue weighted by Crippen LogP contribution is -2.28. The second-order valence-corrected chi connectivity index (χ2v) is 8.73. The van der Waals surface area contributed by atoms with Crippen molar-refractivity contribution in [2.45, 2.75) is 19.5 Å². The topological polar surface area (TPSA) is 36.1 Å². The minimum atomic E-state index is -0.165. The van der Waals surface area contributed by atoms with Crippen LogP contribution in [-0.2, 0) is 6.54 Å². The average Bonchev–Trinajstić information content (AvgIpc) is 3.36. The third-order valence-electron chi connectivity index (χ3n) is 6.61. The molecule has 1 aliphatic heterocycles. The van der Waals surface area contributed by atoms with E-state index in [0.29, 0.717) is 6.54 Å². The molecule has 160 valence electrons. The van der Waals surface area contributed by atoms with E-state index in [-0.39, 0.29) is 11.9 Å². The maximum atomic E-state index is 13.7. The number of H-pyrrole nitrogens is 1. The maximum Gasteiger partial charge on any atom is 0.255 e. The Morgan fingerprint density at radius 3 is 2.30 bits per heavy atom. The number of aryl methyl sites for hydroxylation is 1. The Kier molecular flexibility index (Phi) is 4.62. The summed E-state index contributed by atoms with van der Waals surface area (Å²) in [5, 5.41) is 1.15. The average molecular weight is 429 g/mol. The minimum Gasteiger partial charge on any atom is -0.354 e. The molecular weight excluding hydrogens is 404 g/mol. The van der Waals surface area contributed by atoms with Crippen LogP contribution < -0.4 is 0 Å². The lowest BCUT2D eigenvalue weighted by atomic mass is 9.93. The smallest absolute Gasteiger partial charge is 0.255 e. The van der Waals surface area contributed by atoms with Crippen molar-refractivity contribution in [2.75, 3.05) is 0 Å². The molecule has 0 bridgehead atoms. The van der Waals surface area contributed by atoms with Gasteiger partial charge in [0.05, 0.1) is 11.7 Å². The maximum absolute atomic E-state index is 13.7. The van der Waals surface area contributed by atoms with Gasteiger partial charge < -0.3 is 9.88 Å². The van der Waals surface area contributed by atoms with Crippen molar-refractivity contribution < 1.29 is 4.79 Å². The van der Waals surface area contributed by atoms with Crippen LogP contribution in [0.4, 0.5) is 0 Å². The van der Waals surface area contributed by atoms with Gasteiger partial charge in [-0.1, -0.05) is 96.6 Å². The van der Waals surface area contributed by atoms with Crippen molar-refractivity contribution in [3.8, 4) is 11.3 Å². The summed E-state index contributed by atoms with van der Waals surface area (Å²) in [7, 11) is 0. The summed E-state index contributed by atoms with van der Waals surface area (Å²) in [6.07, 6.45) is 0. The third-order valence-corrected chi connectivity index (χ3v) is 6.61. The largest absolute Gasteiger partial charge is 0.354 e. The van der Waals surface area contributed by atoms with Crippen LogP contribution in [0, 0.1) is 6.92 Å². The standard InChI is InChI=1S/C30H24N2O/c1-20-15-17-22(18-16-20)28-27(25-13-7-8-14-26(25)31-28)29-23-11-5-6-12-24(23)30(33)32(29)19-21-9-3-2-4-10-21/h2-18,29,31H,19H2,1H3/t29-/m0/s1. The normalized spacial score (nSPS) is 15.2. The van der Waals surface area contributed by atoms with Crippen molar-refractivity contribution in [2.24, 2.45) is 0 Å². The van der Waals surface area contributed by atoms with Crippen molar-refractivity contribution in [3.05, 3.63) is 131 Å². The number of nitrogens with zero attached hydrogens (tertiary/aromatic N) is 1. The summed E-state index contributed by atoms with van der Waals surface area (Å²) in [6.45, 7) is 2.66. The van der Waals surface area contributed by atoms with Gasteiger partial charge in [0, 0.05) is 28.6 Å². The first-order chi connectivity index (χ1) is 16.2. The number of fused-ring (bicyclic) bond motifs is 2. The SMILES string of the molecule is Cc1ccc(-c2[nH]c3ccccc3c2[C@@H]2c3ccccc3C(=O)N2Cc2ccccc2)cc1. The number of hydrogen-bond acceptors (Lipinski definition) is 1. The molecule has 6 rings (SSSR count). The molecule has 2 heterocycles. The van der Waals surface area contributed by atoms with Crippen LogP contribution in [0.2, 0.25) is 0 Å². The Balaban J connectivity index is 1.60. The molecule has 0 radical (unpaired) electrons. The van der Waals surface area contributed by atoms with Gasteiger partial charge in [-0.3, -0.25) is 4.79 Å². The minimum absolute atomic E-state index is 0.0830. The molecular formula is C30H24N2O. The molecule has 0 aliphatic carbocycles. The van der Waals surface area contributed by atoms with Crippen LogP contribution in [0.1, 0.15) is 38.7 Å². The van der Waals surface area contributed by atoms with Crippen LogP contribution in [0.5, 0.6) is 0 Å². The Bertz CT molecular complexity index is 1460. The fourth-order valence-electron chi connectivity index (χ4n) is 5.02. The molecule has 1 aliphatic rings. The number of nitrogens with one attached hydrogen (secondary N) is 1. The second-order valence-electron chi connectivity index (χ2n) is 8.73. The number of aromatic nitrogens is 1. The number of carbonyl (C=O) groups is 1. The summed E-state index contributed by atoms with van der Waals surface area (Å²) < 4.78 is 0. The first-order valence-electron chi connectivity index (χ1n) is 11.3. The third kappa shape index (κ3) is 3.25. The van der Waals surface area contributed by atoms with Crippen molar-refractivity contribution in [1.29, 1.82) is 0 Å². The number of hydrogen-bond donors (Lipinski definition) is 1. The number of carbonyl (C=O) groups excluding carboxylic acids is 1. The fraction of sp³-hybridized carbons (Fsp3) is 0.100. The molecule has 0 unspecified atom stereocenters. The predicted molar refractivity (Wildman–Crippen MR) is 133 cm³/mol. The molecule has 1 amide bonds. The van der Waals surface area contributed by atoms with Crippen molar-refractivity contribution in [1.82, 2.24) is 9.88 Å². The molecule has 0 saturated carbocycles. The lowest BCUT2D eigenvalue weighted by molar-refractivity contribution is 0.0737. The number of para-hydroxylation sites is 1. The summed E-state index contributed by atoms with van der Waals surface area (Å²) in [5.74, 6) is 0.0830. The molecule has 0 saturated heterocycles. The van der Waals surface area contributed by atoms with E-state index in [1.807, 2.05) is 41.3 Å². The van der Waals surface area contributed by atoms with Gasteiger partial charge in [-0.25, -0.2) is 0 Å². The molecule has 4 aromatic carbocycles. The number of aromatic amines is 1. The fourth-order valence-corrected chi connectivity index (χ4v) is 5.02. The first kappa shape index (κ1) is 19.6. The Morgan fingerprint density at radius 1 is 0.788 bits per heavy atom. The number of amides is 1. The van der Waals surface area contributed by atoms with Crippen LogP contribution in [0.15, 0.2) is 103 Å². The molecule has 1 N–H and O–H groups in total. The van der Waals surface area contributed by atoms with E-state index in [9.17, 15) is 4.79 Å². The molecule has 3 nitrogen and oxygen atoms in total. The summed E-state index contributed by atoms with van der Waals surface area (Å²) >= 11 is 0. The number of benzene rings is 4. The van der Waals surface area contributed by atoms with Crippen LogP contribution in [0.3, 0.4) is 0 Å². The summed E-state index contributed by atoms with van der Waals surface area (Å²) in [6, 6.07) is 35.1. The molecule has 33 heavy (non-hydrogen) atoms. The molecule has 1 aromatic heterocycles. The Morgan fingerprint density at radius 2 is 1.48 bits per heavy atom. The summed E-state index contributed by atoms with van der Waals surface area (Å²) in [4.78, 5) is 19.3. The van der Waals surface area contributed by atoms with Crippen LogP contribution in [-0.4, -0.2) is 15.8 Å². The molecule has 0 spiro atoms. The van der Waals surface area contributed by atoms with E-state index < -0.39 is 0 Å². The highest BCUT2D eigenvalue weighted by Crippen LogP contribution is 2.46. The van der Waals surface area contributed by atoms with Gasteiger partial charge in [0.25, 0.3) is 5.91 Å². The number of rotatable bonds is 4. The second kappa shape index (κ2) is 7.79. The van der Waals surface area contributed by atoms with E-state index in [1.54, 1.807) is 0 Å². The van der Waals surface area contributed by atoms with E-state index in [2.05, 4.69) is 78.6 Å². The quantitative estimate of drug-likeness (QED) is 0.332. The van der Waals surface area contributed by atoms with Gasteiger partial charge in [-0.15, -0.1) is 0 Å². The zero-order valence-corrected chi connectivity index (χ0v) is 18.5. The summed E-state index contributed by atoms with van der Waals surface area (Å²) in [5.41, 5.74) is 8.65. The molecule has 0 fully saturated rings. The van der Waals surface area contributed by atoms with Gasteiger partial charge >= 0.3 is 0 Å². The van der Waals surface area contributed by atoms with Crippen molar-refractivity contribution >= 4 is 16.8 Å². The molecule has 1 atom stereocenters. The Labute approximate surface area is 193 Å². The van der Waals surface area contributed by atoms with Crippen LogP contribution >= 0.6 is 0 Å². The monoisotopic (exact) mass is 428 g/mol. The van der Waals surface area contributed by atoms with Gasteiger partial charge in [-0.05, 0) is 35.7 Å². The van der Waals surface area contributed by atoms with Crippen molar-refractivity contribution in [3.63, 3.8) is 0 Å². The zero-order chi connectivity index (χ0) is 22.4. The van der Waals surface area contributed by atoms with E-state index >= 15 is 0 Å². The van der Waals surface area contributed by atoms with Crippen LogP contribution in [0.25, 0.3) is 22.2 Å². The highest BCUT2D eigenvalue weighted by atomic mass is 16.2. The van der Waals surface area contributed by atoms with Gasteiger partial charge in [0.2, 0.25) is 0 Å².